The lowest BCUT2D eigenvalue weighted by Gasteiger charge is -2.37. The first-order valence-electron chi connectivity index (χ1n) is 8.76. The first-order valence-corrected chi connectivity index (χ1v) is 8.76. The second kappa shape index (κ2) is 7.62. The molecule has 6 nitrogen and oxygen atoms in total. The van der Waals surface area contributed by atoms with Crippen LogP contribution in [0.5, 0.6) is 11.5 Å². The molecule has 0 atom stereocenters. The zero-order chi connectivity index (χ0) is 18.7. The maximum atomic E-state index is 12.1. The van der Waals surface area contributed by atoms with Crippen molar-refractivity contribution in [3.05, 3.63) is 23.8 Å². The van der Waals surface area contributed by atoms with E-state index in [0.29, 0.717) is 30.9 Å². The predicted octanol–water partition coefficient (Wildman–Crippen LogP) is 0.485. The Morgan fingerprint density at radius 1 is 1.24 bits per heavy atom. The quantitative estimate of drug-likeness (QED) is 0.722. The summed E-state index contributed by atoms with van der Waals surface area (Å²) in [5.74, 6) is 1.39. The number of rotatable bonds is 5. The molecular formula is C19H31N2O4+. The van der Waals surface area contributed by atoms with Gasteiger partial charge in [0.1, 0.15) is 17.1 Å². The molecule has 1 heterocycles. The van der Waals surface area contributed by atoms with Gasteiger partial charge in [-0.3, -0.25) is 4.79 Å². The van der Waals surface area contributed by atoms with E-state index in [-0.39, 0.29) is 11.4 Å². The largest absolute Gasteiger partial charge is 0.497 e. The third-order valence-electron chi connectivity index (χ3n) is 4.62. The van der Waals surface area contributed by atoms with Gasteiger partial charge in [-0.05, 0) is 32.9 Å². The number of benzene rings is 1. The van der Waals surface area contributed by atoms with Crippen molar-refractivity contribution in [3.63, 3.8) is 0 Å². The molecule has 0 spiro atoms. The van der Waals surface area contributed by atoms with Crippen molar-refractivity contribution in [2.45, 2.75) is 44.8 Å². The van der Waals surface area contributed by atoms with Crippen molar-refractivity contribution < 1.29 is 24.3 Å². The molecule has 1 aliphatic rings. The summed E-state index contributed by atoms with van der Waals surface area (Å²) >= 11 is 0. The number of ether oxygens (including phenoxy) is 2. The predicted molar refractivity (Wildman–Crippen MR) is 96.1 cm³/mol. The highest BCUT2D eigenvalue weighted by Crippen LogP contribution is 2.37. The highest BCUT2D eigenvalue weighted by Gasteiger charge is 2.39. The number of nitrogens with one attached hydrogen (secondary N) is 2. The maximum Gasteiger partial charge on any atom is 0.275 e. The molecule has 1 saturated heterocycles. The molecular weight excluding hydrogens is 320 g/mol. The van der Waals surface area contributed by atoms with Crippen molar-refractivity contribution in [1.29, 1.82) is 0 Å². The van der Waals surface area contributed by atoms with Crippen LogP contribution in [-0.2, 0) is 10.4 Å². The normalized spacial score (nSPS) is 23.8. The standard InChI is InChI=1S/C19H30N2O4/c1-18(2,3)20-17(22)13-21-10-8-19(23,9-11-21)15-7-6-14(24-4)12-16(15)25-5/h6-7,12,23H,8-11,13H2,1-5H3,(H,20,22)/p+1. The van der Waals surface area contributed by atoms with Gasteiger partial charge in [0.2, 0.25) is 0 Å². The summed E-state index contributed by atoms with van der Waals surface area (Å²) in [6, 6.07) is 5.50. The fourth-order valence-corrected chi connectivity index (χ4v) is 3.34. The summed E-state index contributed by atoms with van der Waals surface area (Å²) in [6.45, 7) is 7.85. The van der Waals surface area contributed by atoms with Crippen molar-refractivity contribution in [3.8, 4) is 11.5 Å². The van der Waals surface area contributed by atoms with E-state index in [9.17, 15) is 9.90 Å². The van der Waals surface area contributed by atoms with Gasteiger partial charge in [-0.1, -0.05) is 0 Å². The Hall–Kier alpha value is -1.79. The Balaban J connectivity index is 2.02. The van der Waals surface area contributed by atoms with E-state index in [1.165, 1.54) is 4.90 Å². The van der Waals surface area contributed by atoms with Crippen molar-refractivity contribution in [2.24, 2.45) is 0 Å². The molecule has 0 saturated carbocycles. The van der Waals surface area contributed by atoms with Crippen LogP contribution < -0.4 is 19.7 Å². The Bertz CT molecular complexity index is 602. The van der Waals surface area contributed by atoms with Gasteiger partial charge in [0.05, 0.1) is 27.3 Å². The molecule has 1 fully saturated rings. The van der Waals surface area contributed by atoms with E-state index < -0.39 is 5.60 Å². The third-order valence-corrected chi connectivity index (χ3v) is 4.62. The fourth-order valence-electron chi connectivity index (χ4n) is 3.34. The monoisotopic (exact) mass is 351 g/mol. The van der Waals surface area contributed by atoms with Crippen LogP contribution in [0.3, 0.4) is 0 Å². The molecule has 6 heteroatoms. The Kier molecular flexibility index (Phi) is 5.95. The van der Waals surface area contributed by atoms with Gasteiger partial charge >= 0.3 is 0 Å². The highest BCUT2D eigenvalue weighted by atomic mass is 16.5. The lowest BCUT2D eigenvalue weighted by molar-refractivity contribution is -0.900. The summed E-state index contributed by atoms with van der Waals surface area (Å²) in [7, 11) is 3.20. The molecule has 1 aliphatic heterocycles. The van der Waals surface area contributed by atoms with E-state index in [0.717, 1.165) is 18.7 Å². The van der Waals surface area contributed by atoms with E-state index in [1.54, 1.807) is 20.3 Å². The molecule has 0 unspecified atom stereocenters. The molecule has 2 rings (SSSR count). The van der Waals surface area contributed by atoms with Crippen LogP contribution in [0, 0.1) is 0 Å². The van der Waals surface area contributed by atoms with Gasteiger partial charge < -0.3 is 24.8 Å². The van der Waals surface area contributed by atoms with Crippen LogP contribution in [0.1, 0.15) is 39.2 Å². The molecule has 0 aromatic heterocycles. The number of carbonyl (C=O) groups is 1. The summed E-state index contributed by atoms with van der Waals surface area (Å²) in [5, 5.41) is 14.1. The number of hydrogen-bond acceptors (Lipinski definition) is 4. The molecule has 1 aromatic rings. The second-order valence-electron chi connectivity index (χ2n) is 7.82. The Labute approximate surface area is 150 Å². The first kappa shape index (κ1) is 19.5. The van der Waals surface area contributed by atoms with Crippen molar-refractivity contribution in [2.75, 3.05) is 33.9 Å². The van der Waals surface area contributed by atoms with Gasteiger partial charge in [0.15, 0.2) is 6.54 Å². The van der Waals surface area contributed by atoms with Crippen LogP contribution >= 0.6 is 0 Å². The van der Waals surface area contributed by atoms with Crippen molar-refractivity contribution in [1.82, 2.24) is 5.32 Å². The lowest BCUT2D eigenvalue weighted by atomic mass is 9.83. The molecule has 1 amide bonds. The van der Waals surface area contributed by atoms with Gasteiger partial charge in [-0.25, -0.2) is 0 Å². The topological polar surface area (TPSA) is 72.2 Å². The molecule has 3 N–H and O–H groups in total. The molecule has 140 valence electrons. The number of methoxy groups -OCH3 is 2. The van der Waals surface area contributed by atoms with Gasteiger partial charge in [0.25, 0.3) is 5.91 Å². The number of likely N-dealkylation sites (tertiary alicyclic amines) is 1. The highest BCUT2D eigenvalue weighted by molar-refractivity contribution is 5.77. The van der Waals surface area contributed by atoms with Crippen molar-refractivity contribution >= 4 is 5.91 Å². The fraction of sp³-hybridized carbons (Fsp3) is 0.632. The minimum atomic E-state index is -0.929. The van der Waals surface area contributed by atoms with Gasteiger partial charge in [0, 0.05) is 30.0 Å². The zero-order valence-corrected chi connectivity index (χ0v) is 15.9. The SMILES string of the molecule is COc1ccc(C2(O)CC[NH+](CC(=O)NC(C)(C)C)CC2)c(OC)c1. The summed E-state index contributed by atoms with van der Waals surface area (Å²) < 4.78 is 10.7. The van der Waals surface area contributed by atoms with Crippen LogP contribution in [0.4, 0.5) is 0 Å². The maximum absolute atomic E-state index is 12.1. The number of hydrogen-bond donors (Lipinski definition) is 3. The number of carbonyl (C=O) groups excluding carboxylic acids is 1. The van der Waals surface area contributed by atoms with Crippen LogP contribution in [0.15, 0.2) is 18.2 Å². The van der Waals surface area contributed by atoms with E-state index in [4.69, 9.17) is 9.47 Å². The average Bonchev–Trinajstić information content (AvgIpc) is 2.54. The summed E-state index contributed by atoms with van der Waals surface area (Å²) in [5.41, 5.74) is -0.362. The van der Waals surface area contributed by atoms with Crippen LogP contribution in [0.2, 0.25) is 0 Å². The average molecular weight is 351 g/mol. The molecule has 0 aliphatic carbocycles. The number of amides is 1. The van der Waals surface area contributed by atoms with E-state index in [2.05, 4.69) is 5.32 Å². The summed E-state index contributed by atoms with van der Waals surface area (Å²) in [4.78, 5) is 13.3. The number of quaternary nitrogens is 1. The Morgan fingerprint density at radius 2 is 1.88 bits per heavy atom. The first-order chi connectivity index (χ1) is 11.7. The minimum absolute atomic E-state index is 0.0509. The smallest absolute Gasteiger partial charge is 0.275 e. The number of piperidine rings is 1. The van der Waals surface area contributed by atoms with Gasteiger partial charge in [-0.15, -0.1) is 0 Å². The second-order valence-corrected chi connectivity index (χ2v) is 7.82. The number of aliphatic hydroxyl groups is 1. The lowest BCUT2D eigenvalue weighted by Crippen LogP contribution is -3.14. The minimum Gasteiger partial charge on any atom is -0.497 e. The molecule has 0 radical (unpaired) electrons. The van der Waals surface area contributed by atoms with E-state index in [1.807, 2.05) is 32.9 Å². The van der Waals surface area contributed by atoms with Crippen LogP contribution in [-0.4, -0.2) is 50.4 Å². The summed E-state index contributed by atoms with van der Waals surface area (Å²) in [6.07, 6.45) is 1.18. The zero-order valence-electron chi connectivity index (χ0n) is 15.9. The molecule has 0 bridgehead atoms. The molecule has 1 aromatic carbocycles. The third kappa shape index (κ3) is 5.09. The molecule has 25 heavy (non-hydrogen) atoms. The van der Waals surface area contributed by atoms with Gasteiger partial charge in [-0.2, -0.15) is 0 Å². The van der Waals surface area contributed by atoms with Crippen LogP contribution in [0.25, 0.3) is 0 Å². The van der Waals surface area contributed by atoms with E-state index >= 15 is 0 Å². The Morgan fingerprint density at radius 3 is 2.40 bits per heavy atom.